The minimum Gasteiger partial charge on any atom is -0.397 e. The number of nitrogen functional groups attached to an aromatic ring is 1. The summed E-state index contributed by atoms with van der Waals surface area (Å²) in [6, 6.07) is 5.22. The zero-order chi connectivity index (χ0) is 12.7. The van der Waals surface area contributed by atoms with E-state index in [9.17, 15) is 4.79 Å². The highest BCUT2D eigenvalue weighted by molar-refractivity contribution is 5.96. The molecular weight excluding hydrogens is 218 g/mol. The summed E-state index contributed by atoms with van der Waals surface area (Å²) in [7, 11) is 1.59. The van der Waals surface area contributed by atoms with Crippen molar-refractivity contribution in [2.45, 2.75) is 6.92 Å². The van der Waals surface area contributed by atoms with Crippen LogP contribution in [0.4, 0.5) is 11.4 Å². The second-order valence-corrected chi connectivity index (χ2v) is 3.58. The maximum atomic E-state index is 11.7. The van der Waals surface area contributed by atoms with Crippen molar-refractivity contribution in [3.63, 3.8) is 0 Å². The van der Waals surface area contributed by atoms with Crippen LogP contribution in [0.1, 0.15) is 17.3 Å². The number of methoxy groups -OCH3 is 1. The number of rotatable bonds is 6. The topological polar surface area (TPSA) is 76.4 Å². The van der Waals surface area contributed by atoms with Gasteiger partial charge in [-0.05, 0) is 25.1 Å². The van der Waals surface area contributed by atoms with Gasteiger partial charge >= 0.3 is 0 Å². The van der Waals surface area contributed by atoms with E-state index in [4.69, 9.17) is 10.5 Å². The summed E-state index contributed by atoms with van der Waals surface area (Å²) in [5.41, 5.74) is 7.81. The first kappa shape index (κ1) is 13.3. The first-order valence-electron chi connectivity index (χ1n) is 5.59. The van der Waals surface area contributed by atoms with E-state index in [2.05, 4.69) is 10.6 Å². The summed E-state index contributed by atoms with van der Waals surface area (Å²) in [6.45, 7) is 3.77. The Balaban J connectivity index is 2.65. The first-order chi connectivity index (χ1) is 8.19. The van der Waals surface area contributed by atoms with Crippen LogP contribution < -0.4 is 16.4 Å². The van der Waals surface area contributed by atoms with Gasteiger partial charge in [0.25, 0.3) is 5.91 Å². The Morgan fingerprint density at radius 2 is 2.24 bits per heavy atom. The van der Waals surface area contributed by atoms with E-state index in [0.29, 0.717) is 24.4 Å². The Bertz CT molecular complexity index is 380. The molecule has 5 nitrogen and oxygen atoms in total. The lowest BCUT2D eigenvalue weighted by Gasteiger charge is -2.09. The fraction of sp³-hybridized carbons (Fsp3) is 0.417. The maximum Gasteiger partial charge on any atom is 0.251 e. The van der Waals surface area contributed by atoms with Gasteiger partial charge in [0.1, 0.15) is 0 Å². The van der Waals surface area contributed by atoms with Crippen LogP contribution in [0.15, 0.2) is 18.2 Å². The van der Waals surface area contributed by atoms with Gasteiger partial charge in [-0.1, -0.05) is 0 Å². The SMILES string of the molecule is CCNc1ccc(C(=O)NCCOC)cc1N. The van der Waals surface area contributed by atoms with E-state index in [1.54, 1.807) is 19.2 Å². The Hall–Kier alpha value is -1.75. The van der Waals surface area contributed by atoms with Gasteiger partial charge in [0.15, 0.2) is 0 Å². The highest BCUT2D eigenvalue weighted by Crippen LogP contribution is 2.19. The lowest BCUT2D eigenvalue weighted by atomic mass is 10.1. The van der Waals surface area contributed by atoms with E-state index in [1.807, 2.05) is 13.0 Å². The van der Waals surface area contributed by atoms with Crippen LogP contribution in [0.2, 0.25) is 0 Å². The van der Waals surface area contributed by atoms with Crippen LogP contribution in [0.5, 0.6) is 0 Å². The number of nitrogens with one attached hydrogen (secondary N) is 2. The average molecular weight is 237 g/mol. The van der Waals surface area contributed by atoms with Gasteiger partial charge < -0.3 is 21.1 Å². The number of carbonyl (C=O) groups is 1. The minimum absolute atomic E-state index is 0.142. The van der Waals surface area contributed by atoms with Crippen LogP contribution in [-0.4, -0.2) is 32.7 Å². The third kappa shape index (κ3) is 3.96. The molecule has 0 aliphatic carbocycles. The first-order valence-corrected chi connectivity index (χ1v) is 5.59. The summed E-state index contributed by atoms with van der Waals surface area (Å²) in [5.74, 6) is -0.142. The monoisotopic (exact) mass is 237 g/mol. The number of benzene rings is 1. The molecule has 0 unspecified atom stereocenters. The van der Waals surface area contributed by atoms with Gasteiger partial charge in [0.05, 0.1) is 18.0 Å². The van der Waals surface area contributed by atoms with Gasteiger partial charge in [0, 0.05) is 25.8 Å². The lowest BCUT2D eigenvalue weighted by Crippen LogP contribution is -2.27. The largest absolute Gasteiger partial charge is 0.397 e. The highest BCUT2D eigenvalue weighted by Gasteiger charge is 2.07. The van der Waals surface area contributed by atoms with E-state index < -0.39 is 0 Å². The Labute approximate surface area is 101 Å². The Kier molecular flexibility index (Phi) is 5.29. The zero-order valence-corrected chi connectivity index (χ0v) is 10.2. The van der Waals surface area contributed by atoms with Crippen LogP contribution in [0, 0.1) is 0 Å². The van der Waals surface area contributed by atoms with Crippen LogP contribution >= 0.6 is 0 Å². The van der Waals surface area contributed by atoms with E-state index in [-0.39, 0.29) is 5.91 Å². The van der Waals surface area contributed by atoms with Gasteiger partial charge in [-0.3, -0.25) is 4.79 Å². The molecule has 0 aromatic heterocycles. The Morgan fingerprint density at radius 3 is 2.82 bits per heavy atom. The van der Waals surface area contributed by atoms with Crippen molar-refractivity contribution >= 4 is 17.3 Å². The molecule has 5 heteroatoms. The molecule has 0 saturated carbocycles. The highest BCUT2D eigenvalue weighted by atomic mass is 16.5. The minimum atomic E-state index is -0.142. The molecule has 1 aromatic rings. The van der Waals surface area contributed by atoms with Gasteiger partial charge in [0.2, 0.25) is 0 Å². The molecule has 0 aliphatic rings. The van der Waals surface area contributed by atoms with E-state index in [1.165, 1.54) is 0 Å². The third-order valence-electron chi connectivity index (χ3n) is 2.27. The predicted octanol–water partition coefficient (Wildman–Crippen LogP) is 1.08. The molecule has 0 fully saturated rings. The number of carbonyl (C=O) groups excluding carboxylic acids is 1. The summed E-state index contributed by atoms with van der Waals surface area (Å²) in [5, 5.41) is 5.86. The molecule has 0 heterocycles. The molecule has 1 aromatic carbocycles. The summed E-state index contributed by atoms with van der Waals surface area (Å²) in [4.78, 5) is 11.7. The number of hydrogen-bond donors (Lipinski definition) is 3. The quantitative estimate of drug-likeness (QED) is 0.511. The molecule has 17 heavy (non-hydrogen) atoms. The Morgan fingerprint density at radius 1 is 1.47 bits per heavy atom. The van der Waals surface area contributed by atoms with Crippen LogP contribution in [0.3, 0.4) is 0 Å². The normalized spacial score (nSPS) is 10.0. The molecule has 0 saturated heterocycles. The summed E-state index contributed by atoms with van der Waals surface area (Å²) in [6.07, 6.45) is 0. The second kappa shape index (κ2) is 6.75. The van der Waals surface area contributed by atoms with Crippen LogP contribution in [0.25, 0.3) is 0 Å². The van der Waals surface area contributed by atoms with Gasteiger partial charge in [-0.25, -0.2) is 0 Å². The lowest BCUT2D eigenvalue weighted by molar-refractivity contribution is 0.0937. The van der Waals surface area contributed by atoms with E-state index in [0.717, 1.165) is 12.2 Å². The predicted molar refractivity (Wildman–Crippen MR) is 69.2 cm³/mol. The molecule has 1 rings (SSSR count). The fourth-order valence-electron chi connectivity index (χ4n) is 1.42. The zero-order valence-electron chi connectivity index (χ0n) is 10.2. The second-order valence-electron chi connectivity index (χ2n) is 3.58. The molecule has 0 atom stereocenters. The van der Waals surface area contributed by atoms with Gasteiger partial charge in [-0.2, -0.15) is 0 Å². The molecule has 0 spiro atoms. The fourth-order valence-corrected chi connectivity index (χ4v) is 1.42. The molecule has 94 valence electrons. The molecule has 0 aliphatic heterocycles. The van der Waals surface area contributed by atoms with E-state index >= 15 is 0 Å². The van der Waals surface area contributed by atoms with Crippen molar-refractivity contribution in [1.29, 1.82) is 0 Å². The summed E-state index contributed by atoms with van der Waals surface area (Å²) >= 11 is 0. The van der Waals surface area contributed by atoms with Crippen molar-refractivity contribution in [2.24, 2.45) is 0 Å². The number of hydrogen-bond acceptors (Lipinski definition) is 4. The van der Waals surface area contributed by atoms with Crippen LogP contribution in [-0.2, 0) is 4.74 Å². The molecule has 0 bridgehead atoms. The number of amides is 1. The maximum absolute atomic E-state index is 11.7. The van der Waals surface area contributed by atoms with Crippen molar-refractivity contribution < 1.29 is 9.53 Å². The summed E-state index contributed by atoms with van der Waals surface area (Å²) < 4.78 is 4.85. The molecule has 4 N–H and O–H groups in total. The number of anilines is 2. The van der Waals surface area contributed by atoms with Gasteiger partial charge in [-0.15, -0.1) is 0 Å². The average Bonchev–Trinajstić information content (AvgIpc) is 2.32. The third-order valence-corrected chi connectivity index (χ3v) is 2.27. The molecule has 1 amide bonds. The standard InChI is InChI=1S/C12H19N3O2/c1-3-14-11-5-4-9(8-10(11)13)12(16)15-6-7-17-2/h4-5,8,14H,3,6-7,13H2,1-2H3,(H,15,16). The molecular formula is C12H19N3O2. The number of nitrogens with two attached hydrogens (primary N) is 1. The van der Waals surface area contributed by atoms with Crippen molar-refractivity contribution in [3.05, 3.63) is 23.8 Å². The van der Waals surface area contributed by atoms with Crippen molar-refractivity contribution in [3.8, 4) is 0 Å². The van der Waals surface area contributed by atoms with Crippen molar-refractivity contribution in [2.75, 3.05) is 37.9 Å². The smallest absolute Gasteiger partial charge is 0.251 e. The number of ether oxygens (including phenoxy) is 1. The molecule has 0 radical (unpaired) electrons. The van der Waals surface area contributed by atoms with Crippen molar-refractivity contribution in [1.82, 2.24) is 5.32 Å².